The zero-order chi connectivity index (χ0) is 10.0. The predicted octanol–water partition coefficient (Wildman–Crippen LogP) is -0.268. The first kappa shape index (κ1) is 9.57. The van der Waals surface area contributed by atoms with Crippen LogP contribution in [0.15, 0.2) is 9.59 Å². The molecule has 0 unspecified atom stereocenters. The van der Waals surface area contributed by atoms with Crippen LogP contribution in [0.3, 0.4) is 0 Å². The van der Waals surface area contributed by atoms with Gasteiger partial charge in [-0.1, -0.05) is 13.3 Å². The number of aromatic hydroxyl groups is 1. The minimum atomic E-state index is -0.595. The van der Waals surface area contributed by atoms with Gasteiger partial charge in [0.05, 0.1) is 5.56 Å². The molecule has 13 heavy (non-hydrogen) atoms. The molecular weight excluding hydrogens is 172 g/mol. The molecule has 0 radical (unpaired) electrons. The molecule has 1 aromatic rings. The summed E-state index contributed by atoms with van der Waals surface area (Å²) in [6.07, 6.45) is 1.21. The maximum absolute atomic E-state index is 11.2. The van der Waals surface area contributed by atoms with Crippen LogP contribution in [0.1, 0.15) is 18.9 Å². The van der Waals surface area contributed by atoms with Gasteiger partial charge in [0, 0.05) is 7.05 Å². The fourth-order valence-corrected chi connectivity index (χ4v) is 1.13. The number of aromatic nitrogens is 2. The monoisotopic (exact) mass is 184 g/mol. The number of nitrogens with one attached hydrogen (secondary N) is 1. The molecule has 1 rings (SSSR count). The number of hydrogen-bond acceptors (Lipinski definition) is 3. The third-order valence-corrected chi connectivity index (χ3v) is 1.89. The van der Waals surface area contributed by atoms with E-state index in [-0.39, 0.29) is 11.4 Å². The third-order valence-electron chi connectivity index (χ3n) is 1.89. The van der Waals surface area contributed by atoms with Crippen LogP contribution in [0.25, 0.3) is 0 Å². The summed E-state index contributed by atoms with van der Waals surface area (Å²) in [5, 5.41) is 9.43. The summed E-state index contributed by atoms with van der Waals surface area (Å²) < 4.78 is 1.02. The van der Waals surface area contributed by atoms with Gasteiger partial charge in [0.25, 0.3) is 5.56 Å². The Morgan fingerprint density at radius 3 is 2.62 bits per heavy atom. The first-order valence-corrected chi connectivity index (χ1v) is 4.09. The third kappa shape index (κ3) is 1.63. The van der Waals surface area contributed by atoms with Gasteiger partial charge < -0.3 is 5.11 Å². The molecule has 0 fully saturated rings. The van der Waals surface area contributed by atoms with Gasteiger partial charge >= 0.3 is 5.69 Å². The molecule has 1 heterocycles. The number of H-pyrrole nitrogens is 1. The largest absolute Gasteiger partial charge is 0.494 e. The molecule has 1 aromatic heterocycles. The fraction of sp³-hybridized carbons (Fsp3) is 0.500. The van der Waals surface area contributed by atoms with Gasteiger partial charge in [-0.25, -0.2) is 4.79 Å². The molecule has 0 aliphatic carbocycles. The van der Waals surface area contributed by atoms with Gasteiger partial charge in [0.2, 0.25) is 5.88 Å². The summed E-state index contributed by atoms with van der Waals surface area (Å²) in [7, 11) is 1.41. The predicted molar refractivity (Wildman–Crippen MR) is 48.0 cm³/mol. The molecule has 0 bridgehead atoms. The molecule has 0 spiro atoms. The molecular formula is C8H12N2O3. The van der Waals surface area contributed by atoms with Gasteiger partial charge in [-0.05, 0) is 6.42 Å². The summed E-state index contributed by atoms with van der Waals surface area (Å²) in [6.45, 7) is 1.89. The molecule has 0 saturated carbocycles. The average Bonchev–Trinajstić information content (AvgIpc) is 2.09. The lowest BCUT2D eigenvalue weighted by molar-refractivity contribution is 0.409. The number of aromatic amines is 1. The van der Waals surface area contributed by atoms with Crippen LogP contribution in [-0.2, 0) is 13.5 Å². The molecule has 0 aromatic carbocycles. The first-order valence-electron chi connectivity index (χ1n) is 4.09. The van der Waals surface area contributed by atoms with Crippen LogP contribution in [-0.4, -0.2) is 14.7 Å². The van der Waals surface area contributed by atoms with Crippen molar-refractivity contribution in [2.75, 3.05) is 0 Å². The van der Waals surface area contributed by atoms with E-state index >= 15 is 0 Å². The summed E-state index contributed by atoms with van der Waals surface area (Å²) in [5.41, 5.74) is -0.825. The summed E-state index contributed by atoms with van der Waals surface area (Å²) >= 11 is 0. The van der Waals surface area contributed by atoms with Crippen LogP contribution in [0.5, 0.6) is 5.88 Å². The Labute approximate surface area is 74.7 Å². The Bertz CT molecular complexity index is 416. The minimum absolute atomic E-state index is 0.240. The molecule has 72 valence electrons. The molecule has 5 nitrogen and oxygen atoms in total. The van der Waals surface area contributed by atoms with E-state index in [9.17, 15) is 14.7 Å². The van der Waals surface area contributed by atoms with Crippen LogP contribution in [0, 0.1) is 0 Å². The normalized spacial score (nSPS) is 10.3. The van der Waals surface area contributed by atoms with E-state index in [0.717, 1.165) is 11.0 Å². The van der Waals surface area contributed by atoms with Crippen LogP contribution < -0.4 is 11.2 Å². The lowest BCUT2D eigenvalue weighted by Crippen LogP contribution is -2.30. The van der Waals surface area contributed by atoms with Crippen molar-refractivity contribution >= 4 is 0 Å². The van der Waals surface area contributed by atoms with Crippen molar-refractivity contribution in [3.05, 3.63) is 26.4 Å². The summed E-state index contributed by atoms with van der Waals surface area (Å²) in [6, 6.07) is 0. The van der Waals surface area contributed by atoms with Crippen molar-refractivity contribution in [2.24, 2.45) is 7.05 Å². The molecule has 0 saturated heterocycles. The van der Waals surface area contributed by atoms with Gasteiger partial charge in [-0.2, -0.15) is 0 Å². The zero-order valence-electron chi connectivity index (χ0n) is 7.63. The Morgan fingerprint density at radius 1 is 1.46 bits per heavy atom. The Kier molecular flexibility index (Phi) is 2.55. The quantitative estimate of drug-likeness (QED) is 0.664. The van der Waals surface area contributed by atoms with E-state index in [1.165, 1.54) is 7.05 Å². The second-order valence-corrected chi connectivity index (χ2v) is 2.87. The number of rotatable bonds is 2. The highest BCUT2D eigenvalue weighted by atomic mass is 16.3. The second kappa shape index (κ2) is 3.47. The SMILES string of the molecule is CCCc1c(O)n(C)c(=O)[nH]c1=O. The lowest BCUT2D eigenvalue weighted by atomic mass is 10.2. The van der Waals surface area contributed by atoms with E-state index in [0.29, 0.717) is 6.42 Å². The van der Waals surface area contributed by atoms with E-state index in [4.69, 9.17) is 0 Å². The van der Waals surface area contributed by atoms with Crippen molar-refractivity contribution in [2.45, 2.75) is 19.8 Å². The molecule has 0 atom stereocenters. The van der Waals surface area contributed by atoms with E-state index in [1.807, 2.05) is 6.92 Å². The zero-order valence-corrected chi connectivity index (χ0v) is 7.63. The van der Waals surface area contributed by atoms with Crippen molar-refractivity contribution in [1.29, 1.82) is 0 Å². The van der Waals surface area contributed by atoms with Crippen molar-refractivity contribution in [3.8, 4) is 5.88 Å². The number of nitrogens with zero attached hydrogens (tertiary/aromatic N) is 1. The van der Waals surface area contributed by atoms with Gasteiger partial charge in [-0.3, -0.25) is 14.3 Å². The standard InChI is InChI=1S/C8H12N2O3/c1-3-4-5-6(11)9-8(13)10(2)7(5)12/h12H,3-4H2,1-2H3,(H,9,11,13). The molecule has 0 amide bonds. The highest BCUT2D eigenvalue weighted by Gasteiger charge is 2.09. The molecule has 5 heteroatoms. The lowest BCUT2D eigenvalue weighted by Gasteiger charge is -2.04. The van der Waals surface area contributed by atoms with Gasteiger partial charge in [0.15, 0.2) is 0 Å². The summed E-state index contributed by atoms with van der Waals surface area (Å²) in [5.74, 6) is -0.240. The number of hydrogen-bond donors (Lipinski definition) is 2. The van der Waals surface area contributed by atoms with E-state index in [2.05, 4.69) is 4.98 Å². The van der Waals surface area contributed by atoms with E-state index < -0.39 is 11.2 Å². The summed E-state index contributed by atoms with van der Waals surface area (Å²) in [4.78, 5) is 24.3. The van der Waals surface area contributed by atoms with Gasteiger partial charge in [-0.15, -0.1) is 0 Å². The molecule has 2 N–H and O–H groups in total. The molecule has 0 aliphatic rings. The smallest absolute Gasteiger partial charge is 0.330 e. The minimum Gasteiger partial charge on any atom is -0.494 e. The Hall–Kier alpha value is -1.52. The molecule has 0 aliphatic heterocycles. The van der Waals surface area contributed by atoms with Crippen molar-refractivity contribution in [3.63, 3.8) is 0 Å². The first-order chi connectivity index (χ1) is 6.07. The van der Waals surface area contributed by atoms with Crippen LogP contribution >= 0.6 is 0 Å². The van der Waals surface area contributed by atoms with Crippen LogP contribution in [0.4, 0.5) is 0 Å². The highest BCUT2D eigenvalue weighted by molar-refractivity contribution is 5.22. The van der Waals surface area contributed by atoms with Crippen LogP contribution in [0.2, 0.25) is 0 Å². The van der Waals surface area contributed by atoms with Gasteiger partial charge in [0.1, 0.15) is 0 Å². The van der Waals surface area contributed by atoms with E-state index in [1.54, 1.807) is 0 Å². The fourth-order valence-electron chi connectivity index (χ4n) is 1.13. The maximum atomic E-state index is 11.2. The maximum Gasteiger partial charge on any atom is 0.330 e. The highest BCUT2D eigenvalue weighted by Crippen LogP contribution is 2.09. The van der Waals surface area contributed by atoms with Crippen molar-refractivity contribution in [1.82, 2.24) is 9.55 Å². The Morgan fingerprint density at radius 2 is 2.08 bits per heavy atom. The van der Waals surface area contributed by atoms with Crippen molar-refractivity contribution < 1.29 is 5.11 Å². The average molecular weight is 184 g/mol. The Balaban J connectivity index is 3.44. The second-order valence-electron chi connectivity index (χ2n) is 2.87. The topological polar surface area (TPSA) is 75.1 Å².